The van der Waals surface area contributed by atoms with Gasteiger partial charge in [-0.25, -0.2) is 9.59 Å². The van der Waals surface area contributed by atoms with E-state index in [9.17, 15) is 63.6 Å². The monoisotopic (exact) mass is 948 g/mol. The minimum absolute atomic E-state index is 0.00291. The number of rotatable bonds is 16. The van der Waals surface area contributed by atoms with Crippen molar-refractivity contribution in [2.24, 2.45) is 0 Å². The molecule has 2 amide bonds. The molecule has 2 aliphatic heterocycles. The number of aldehydes is 1. The first kappa shape index (κ1) is 48.6. The van der Waals surface area contributed by atoms with Gasteiger partial charge in [-0.05, 0) is 96.8 Å². The quantitative estimate of drug-likeness (QED) is 0.0242. The van der Waals surface area contributed by atoms with Crippen LogP contribution in [0.2, 0.25) is 0 Å². The van der Waals surface area contributed by atoms with E-state index in [1.54, 1.807) is 18.2 Å². The molecule has 4 aromatic carbocycles. The van der Waals surface area contributed by atoms with Gasteiger partial charge in [0.25, 0.3) is 11.8 Å². The van der Waals surface area contributed by atoms with Crippen LogP contribution in [0.3, 0.4) is 0 Å². The number of ketones is 2. The van der Waals surface area contributed by atoms with Gasteiger partial charge < -0.3 is 45.0 Å². The highest BCUT2D eigenvalue weighted by atomic mass is 16.4. The number of benzene rings is 6. The number of phenolic OH excluding ortho intramolecular Hbond substituents is 2. The number of aromatic carboxylic acids is 2. The van der Waals surface area contributed by atoms with E-state index in [0.29, 0.717) is 50.6 Å². The third-order valence-electron chi connectivity index (χ3n) is 11.0. The maximum Gasteiger partial charge on any atom is 0.336 e. The van der Waals surface area contributed by atoms with Gasteiger partial charge in [0.15, 0.2) is 28.7 Å². The summed E-state index contributed by atoms with van der Waals surface area (Å²) in [5, 5.41) is 54.7. The first-order chi connectivity index (χ1) is 33.6. The zero-order valence-electron chi connectivity index (χ0n) is 36.6. The Bertz CT molecular complexity index is 3460. The molecule has 0 spiro atoms. The molecule has 354 valence electrons. The summed E-state index contributed by atoms with van der Waals surface area (Å²) in [7, 11) is 0. The van der Waals surface area contributed by atoms with Crippen LogP contribution in [0.5, 0.6) is 11.5 Å². The van der Waals surface area contributed by atoms with Crippen molar-refractivity contribution < 1.29 is 67.9 Å². The lowest BCUT2D eigenvalue weighted by Crippen LogP contribution is -2.25. The van der Waals surface area contributed by atoms with Crippen LogP contribution in [0.25, 0.3) is 66.8 Å². The van der Waals surface area contributed by atoms with E-state index < -0.39 is 36.1 Å². The zero-order valence-corrected chi connectivity index (χ0v) is 36.6. The average molecular weight is 949 g/mol. The second-order valence-corrected chi connectivity index (χ2v) is 15.8. The molecular formula is C52H40N2O16. The number of nitrogens with one attached hydrogen (secondary N) is 2. The number of carboxylic acid groups (broad SMARTS) is 2. The fraction of sp³-hybridized carbons (Fsp3) is 0.135. The van der Waals surface area contributed by atoms with Crippen molar-refractivity contribution in [1.29, 1.82) is 0 Å². The predicted molar refractivity (Wildman–Crippen MR) is 253 cm³/mol. The lowest BCUT2D eigenvalue weighted by atomic mass is 9.90. The number of amides is 2. The number of hydrogen-bond donors (Lipinski definition) is 7. The maximum atomic E-state index is 12.6. The first-order valence-electron chi connectivity index (χ1n) is 21.4. The van der Waals surface area contributed by atoms with Crippen LogP contribution in [-0.4, -0.2) is 86.8 Å². The molecule has 8 rings (SSSR count). The van der Waals surface area contributed by atoms with Crippen molar-refractivity contribution in [3.63, 3.8) is 0 Å². The number of carboxylic acids is 2. The summed E-state index contributed by atoms with van der Waals surface area (Å²) in [5.41, 5.74) is 2.38. The Morgan fingerprint density at radius 2 is 0.957 bits per heavy atom. The number of fused-ring (bicyclic) bond motifs is 4. The Kier molecular flexibility index (Phi) is 14.7. The highest BCUT2D eigenvalue weighted by Crippen LogP contribution is 2.43. The number of Topliss-reactive ketones (excluding diaryl/α,β-unsaturated/α-hetero) is 2. The van der Waals surface area contributed by atoms with Crippen molar-refractivity contribution in [1.82, 2.24) is 10.6 Å². The van der Waals surface area contributed by atoms with Crippen molar-refractivity contribution in [2.45, 2.75) is 25.7 Å². The van der Waals surface area contributed by atoms with Crippen LogP contribution in [0.1, 0.15) is 67.1 Å². The normalized spacial score (nSPS) is 10.9. The van der Waals surface area contributed by atoms with Gasteiger partial charge in [0.05, 0.1) is 11.1 Å². The molecule has 0 atom stereocenters. The Labute approximate surface area is 394 Å². The van der Waals surface area contributed by atoms with Crippen molar-refractivity contribution in [2.75, 3.05) is 19.7 Å². The van der Waals surface area contributed by atoms with Gasteiger partial charge in [-0.1, -0.05) is 12.1 Å². The molecule has 4 aliphatic rings. The molecular weight excluding hydrogens is 909 g/mol. The van der Waals surface area contributed by atoms with Crippen LogP contribution in [0.4, 0.5) is 0 Å². The molecule has 7 N–H and O–H groups in total. The molecule has 0 bridgehead atoms. The first-order valence-corrected chi connectivity index (χ1v) is 21.4. The molecule has 0 saturated heterocycles. The molecule has 18 nitrogen and oxygen atoms in total. The SMILES string of the molecule is O=C(CO)CCCNC(=O)c1ccc(-c2c3ccc(=O)cc-3oc3cc(O)ccc23)c(C(=O)O)c1.O=CC(=O)CCCNC(=O)c1ccc(-c2c3ccc(=O)cc-3oc3cc(O)ccc23)c(C(=O)O)c1. The molecule has 0 aromatic heterocycles. The second-order valence-electron chi connectivity index (χ2n) is 15.8. The topological polar surface area (TPSA) is 305 Å². The summed E-state index contributed by atoms with van der Waals surface area (Å²) in [6.07, 6.45) is 0.963. The standard InChI is InChI=1S/C26H21NO8.C26H19NO8/c2*28-13-17(31)2-1-9-27-25(32)14-3-6-18(21(10-14)26(33)34)24-19-7-4-15(29)11-22(19)35-23-12-16(30)5-8-20(23)24/h3-8,10-12,28-29H,1-2,9,13H2,(H,27,32)(H,33,34);3-8,10-13,29H,1-2,9H2,(H,27,32)(H,33,34). The van der Waals surface area contributed by atoms with Crippen molar-refractivity contribution in [3.8, 4) is 56.4 Å². The van der Waals surface area contributed by atoms with E-state index in [0.717, 1.165) is 0 Å². The summed E-state index contributed by atoms with van der Waals surface area (Å²) in [5.74, 6) is -4.15. The van der Waals surface area contributed by atoms with Gasteiger partial charge in [-0.15, -0.1) is 0 Å². The van der Waals surface area contributed by atoms with E-state index >= 15 is 0 Å². The largest absolute Gasteiger partial charge is 0.508 e. The highest BCUT2D eigenvalue weighted by Gasteiger charge is 2.25. The molecule has 0 saturated carbocycles. The number of aliphatic hydroxyl groups is 1. The zero-order chi connectivity index (χ0) is 50.2. The van der Waals surface area contributed by atoms with Crippen LogP contribution < -0.4 is 21.5 Å². The van der Waals surface area contributed by atoms with E-state index in [4.69, 9.17) is 13.9 Å². The minimum atomic E-state index is -1.27. The maximum absolute atomic E-state index is 12.6. The van der Waals surface area contributed by atoms with E-state index in [1.165, 1.54) is 91.0 Å². The molecule has 0 radical (unpaired) electrons. The number of carbonyl (C=O) groups is 7. The summed E-state index contributed by atoms with van der Waals surface area (Å²) in [6, 6.07) is 25.6. The number of aromatic hydroxyl groups is 2. The highest BCUT2D eigenvalue weighted by molar-refractivity contribution is 6.24. The summed E-state index contributed by atoms with van der Waals surface area (Å²) < 4.78 is 11.6. The fourth-order valence-corrected chi connectivity index (χ4v) is 7.75. The molecule has 2 aliphatic carbocycles. The van der Waals surface area contributed by atoms with Gasteiger partial charge in [-0.2, -0.15) is 0 Å². The number of carbonyl (C=O) groups excluding carboxylic acids is 5. The third kappa shape index (κ3) is 10.8. The van der Waals surface area contributed by atoms with E-state index in [-0.39, 0.29) is 112 Å². The minimum Gasteiger partial charge on any atom is -0.508 e. The van der Waals surface area contributed by atoms with Gasteiger partial charge in [0.2, 0.25) is 0 Å². The van der Waals surface area contributed by atoms with E-state index in [2.05, 4.69) is 10.6 Å². The Balaban J connectivity index is 0.000000206. The number of hydrogen-bond acceptors (Lipinski definition) is 14. The van der Waals surface area contributed by atoms with Gasteiger partial charge >= 0.3 is 11.9 Å². The van der Waals surface area contributed by atoms with Crippen LogP contribution in [-0.2, 0) is 14.4 Å². The van der Waals surface area contributed by atoms with Gasteiger partial charge in [0, 0.05) is 94.3 Å². The average Bonchev–Trinajstić information content (AvgIpc) is 3.34. The van der Waals surface area contributed by atoms with E-state index in [1.807, 2.05) is 0 Å². The fourth-order valence-electron chi connectivity index (χ4n) is 7.75. The van der Waals surface area contributed by atoms with Crippen molar-refractivity contribution >= 4 is 63.5 Å². The lowest BCUT2D eigenvalue weighted by Gasteiger charge is -2.17. The lowest BCUT2D eigenvalue weighted by molar-refractivity contribution is -0.129. The molecule has 4 aromatic rings. The Morgan fingerprint density at radius 3 is 1.37 bits per heavy atom. The Hall–Kier alpha value is -9.29. The third-order valence-corrected chi connectivity index (χ3v) is 11.0. The second kappa shape index (κ2) is 21.1. The van der Waals surface area contributed by atoms with Crippen LogP contribution in [0.15, 0.2) is 128 Å². The molecule has 2 heterocycles. The molecule has 70 heavy (non-hydrogen) atoms. The summed E-state index contributed by atoms with van der Waals surface area (Å²) >= 11 is 0. The molecule has 18 heteroatoms. The number of aliphatic hydroxyl groups excluding tert-OH is 1. The van der Waals surface area contributed by atoms with Crippen LogP contribution >= 0.6 is 0 Å². The summed E-state index contributed by atoms with van der Waals surface area (Å²) in [6.45, 7) is -0.229. The predicted octanol–water partition coefficient (Wildman–Crippen LogP) is 6.29. The molecule has 0 unspecified atom stereocenters. The van der Waals surface area contributed by atoms with Gasteiger partial charge in [0.1, 0.15) is 40.8 Å². The number of phenols is 2. The smallest absolute Gasteiger partial charge is 0.336 e. The Morgan fingerprint density at radius 1 is 0.529 bits per heavy atom. The van der Waals surface area contributed by atoms with Gasteiger partial charge in [-0.3, -0.25) is 33.6 Å². The molecule has 0 fully saturated rings. The summed E-state index contributed by atoms with van der Waals surface area (Å²) in [4.78, 5) is 106. The van der Waals surface area contributed by atoms with Crippen molar-refractivity contribution in [3.05, 3.63) is 152 Å². The van der Waals surface area contributed by atoms with Crippen LogP contribution in [0, 0.1) is 0 Å².